The van der Waals surface area contributed by atoms with Crippen molar-refractivity contribution in [1.29, 1.82) is 0 Å². The Balaban J connectivity index is 0.000000110. The number of aromatic nitrogens is 14. The van der Waals surface area contributed by atoms with E-state index in [9.17, 15) is 0 Å². The fourth-order valence-corrected chi connectivity index (χ4v) is 20.4. The number of hydrogen-bond acceptors (Lipinski definition) is 14. The van der Waals surface area contributed by atoms with E-state index in [2.05, 4.69) is 289 Å². The summed E-state index contributed by atoms with van der Waals surface area (Å²) >= 11 is 1.90. The molecule has 0 bridgehead atoms. The number of rotatable bonds is 15. The zero-order valence-corrected chi connectivity index (χ0v) is 75.0. The molecule has 0 spiro atoms. The van der Waals surface area contributed by atoms with E-state index in [1.807, 2.05) is 224 Å². The molecular formula is C120H80N16OS. The van der Waals surface area contributed by atoms with Crippen LogP contribution in [0.2, 0.25) is 0 Å². The SMILES string of the molecule is c1ccc(-c2nc(-c3ccccc3)nc(-n3c4ccccc4c4cc(-n5c(-c6ccccc6)nc6ccccc65)ccc43)n2)cc1.c1ccc(-c2nc(-c3ccccc3)nc(-n3c4ccccc4c4cc(N5c6ccccc6OC5c5ccccc5)ccc43)n2)cc1.c1ccc(-c2nc(-c3ccccc3)nc(-n3c4ccccc4c4cc(N5c6ccccc6SC5c5ccccc5)ccc43)n2)cc1. The molecule has 2 unspecified atom stereocenters. The predicted octanol–water partition coefficient (Wildman–Crippen LogP) is 29.1. The minimum absolute atomic E-state index is 0.134. The fourth-order valence-electron chi connectivity index (χ4n) is 19.1. The van der Waals surface area contributed by atoms with E-state index in [1.54, 1.807) is 0 Å². The molecule has 0 saturated carbocycles. The third-order valence-corrected chi connectivity index (χ3v) is 26.7. The summed E-state index contributed by atoms with van der Waals surface area (Å²) < 4.78 is 15.3. The van der Waals surface area contributed by atoms with Gasteiger partial charge in [0.1, 0.15) is 16.9 Å². The summed E-state index contributed by atoms with van der Waals surface area (Å²) in [6, 6.07) is 163. The molecule has 7 aromatic heterocycles. The lowest BCUT2D eigenvalue weighted by molar-refractivity contribution is 0.240. The first-order valence-electron chi connectivity index (χ1n) is 45.9. The maximum atomic E-state index is 6.54. The van der Waals surface area contributed by atoms with Crippen molar-refractivity contribution < 1.29 is 4.74 Å². The molecule has 652 valence electrons. The van der Waals surface area contributed by atoms with Crippen LogP contribution in [0.3, 0.4) is 0 Å². The molecule has 18 aromatic carbocycles. The zero-order chi connectivity index (χ0) is 91.4. The van der Waals surface area contributed by atoms with Crippen molar-refractivity contribution in [2.75, 3.05) is 9.80 Å². The molecule has 0 amide bonds. The van der Waals surface area contributed by atoms with E-state index in [1.165, 1.54) is 16.1 Å². The van der Waals surface area contributed by atoms with E-state index >= 15 is 0 Å². The van der Waals surface area contributed by atoms with Gasteiger partial charge < -0.3 is 9.64 Å². The van der Waals surface area contributed by atoms with Crippen molar-refractivity contribution in [3.63, 3.8) is 0 Å². The van der Waals surface area contributed by atoms with Crippen LogP contribution in [-0.2, 0) is 0 Å². The molecule has 0 N–H and O–H groups in total. The summed E-state index contributed by atoms with van der Waals surface area (Å²) in [5, 5.41) is 6.88. The fraction of sp³-hybridized carbons (Fsp3) is 0.0167. The molecule has 17 nitrogen and oxygen atoms in total. The van der Waals surface area contributed by atoms with Crippen molar-refractivity contribution in [2.24, 2.45) is 0 Å². The van der Waals surface area contributed by atoms with Crippen LogP contribution in [0.4, 0.5) is 22.7 Å². The van der Waals surface area contributed by atoms with Gasteiger partial charge in [-0.3, -0.25) is 23.2 Å². The van der Waals surface area contributed by atoms with Crippen molar-refractivity contribution >= 4 is 111 Å². The van der Waals surface area contributed by atoms with Crippen LogP contribution in [0.5, 0.6) is 5.75 Å². The number of fused-ring (bicyclic) bond motifs is 12. The number of hydrogen-bond donors (Lipinski definition) is 0. The predicted molar refractivity (Wildman–Crippen MR) is 557 cm³/mol. The Bertz CT molecular complexity index is 8350. The lowest BCUT2D eigenvalue weighted by Gasteiger charge is -2.27. The molecular weight excluding hydrogens is 1710 g/mol. The first-order chi connectivity index (χ1) is 68.4. The quantitative estimate of drug-likeness (QED) is 0.0952. The molecule has 2 aliphatic heterocycles. The zero-order valence-electron chi connectivity index (χ0n) is 74.2. The van der Waals surface area contributed by atoms with E-state index in [4.69, 9.17) is 54.6 Å². The normalized spacial score (nSPS) is 13.2. The molecule has 0 radical (unpaired) electrons. The molecule has 138 heavy (non-hydrogen) atoms. The number of ether oxygens (including phenoxy) is 1. The van der Waals surface area contributed by atoms with Crippen LogP contribution < -0.4 is 14.5 Å². The van der Waals surface area contributed by atoms with Crippen LogP contribution in [-0.4, -0.2) is 68.1 Å². The Morgan fingerprint density at radius 1 is 0.210 bits per heavy atom. The van der Waals surface area contributed by atoms with Crippen molar-refractivity contribution in [2.45, 2.75) is 16.5 Å². The van der Waals surface area contributed by atoms with Gasteiger partial charge >= 0.3 is 0 Å². The van der Waals surface area contributed by atoms with Gasteiger partial charge in [0.2, 0.25) is 24.1 Å². The van der Waals surface area contributed by atoms with Crippen LogP contribution in [0.1, 0.15) is 22.7 Å². The van der Waals surface area contributed by atoms with Gasteiger partial charge in [0.05, 0.1) is 55.5 Å². The Labute approximate surface area is 798 Å². The third-order valence-electron chi connectivity index (χ3n) is 25.4. The van der Waals surface area contributed by atoms with Crippen molar-refractivity contribution in [1.82, 2.24) is 68.1 Å². The number of benzene rings is 18. The molecule has 0 fully saturated rings. The first kappa shape index (κ1) is 81.6. The van der Waals surface area contributed by atoms with Gasteiger partial charge in [-0.2, -0.15) is 29.9 Å². The maximum Gasteiger partial charge on any atom is 0.238 e. The second kappa shape index (κ2) is 35.3. The van der Waals surface area contributed by atoms with E-state index in [-0.39, 0.29) is 11.6 Å². The average Bonchev–Trinajstić information content (AvgIpc) is 1.58. The van der Waals surface area contributed by atoms with Crippen LogP contribution >= 0.6 is 11.8 Å². The Hall–Kier alpha value is -18.4. The monoisotopic (exact) mass is 1790 g/mol. The summed E-state index contributed by atoms with van der Waals surface area (Å²) in [5.74, 6) is 7.31. The largest absolute Gasteiger partial charge is 0.464 e. The number of para-hydroxylation sites is 8. The van der Waals surface area contributed by atoms with Crippen LogP contribution in [0.15, 0.2) is 478 Å². The lowest BCUT2D eigenvalue weighted by Crippen LogP contribution is -2.22. The Morgan fingerprint density at radius 2 is 0.514 bits per heavy atom. The summed E-state index contributed by atoms with van der Waals surface area (Å²) in [6.45, 7) is 0. The second-order valence-corrected chi connectivity index (χ2v) is 34.9. The van der Waals surface area contributed by atoms with Crippen molar-refractivity contribution in [3.8, 4) is 109 Å². The number of anilines is 4. The van der Waals surface area contributed by atoms with E-state index in [0.29, 0.717) is 52.8 Å². The summed E-state index contributed by atoms with van der Waals surface area (Å²) in [5.41, 5.74) is 22.7. The van der Waals surface area contributed by atoms with Gasteiger partial charge in [0.25, 0.3) is 0 Å². The molecule has 0 aliphatic carbocycles. The topological polar surface area (TPSA) is 164 Å². The highest BCUT2D eigenvalue weighted by Crippen LogP contribution is 2.56. The van der Waals surface area contributed by atoms with Crippen molar-refractivity contribution in [3.05, 3.63) is 484 Å². The van der Waals surface area contributed by atoms with Gasteiger partial charge in [0.15, 0.2) is 34.9 Å². The Morgan fingerprint density at radius 3 is 0.928 bits per heavy atom. The number of thioether (sulfide) groups is 1. The van der Waals surface area contributed by atoms with Gasteiger partial charge in [-0.1, -0.05) is 376 Å². The smallest absolute Gasteiger partial charge is 0.238 e. The third kappa shape index (κ3) is 15.0. The van der Waals surface area contributed by atoms with E-state index < -0.39 is 0 Å². The highest BCUT2D eigenvalue weighted by Gasteiger charge is 2.36. The van der Waals surface area contributed by atoms with Crippen LogP contribution in [0.25, 0.3) is 180 Å². The summed E-state index contributed by atoms with van der Waals surface area (Å²) in [6.07, 6.45) is -0.283. The first-order valence-corrected chi connectivity index (χ1v) is 46.8. The maximum absolute atomic E-state index is 6.54. The van der Waals surface area contributed by atoms with E-state index in [0.717, 1.165) is 155 Å². The second-order valence-electron chi connectivity index (χ2n) is 33.8. The molecule has 18 heteroatoms. The lowest BCUT2D eigenvalue weighted by atomic mass is 10.1. The summed E-state index contributed by atoms with van der Waals surface area (Å²) in [7, 11) is 0. The number of nitrogens with zero attached hydrogens (tertiary/aromatic N) is 16. The molecule has 2 atom stereocenters. The minimum atomic E-state index is -0.283. The summed E-state index contributed by atoms with van der Waals surface area (Å²) in [4.78, 5) is 56.3. The standard InChI is InChI=1S/C40H26N6.C40H27N5O.C40H27N5S/c1-4-14-27(15-5-1)37-42-38(28-16-6-2-7-17-28)44-40(43-37)46-34-22-12-10-20-31(34)32-26-30(24-25-35(32)46)45-36-23-13-11-21-33(36)41-39(45)29-18-8-3-9-19-29;2*1-4-14-27(15-5-1)37-41-38(28-16-6-2-7-17-28)43-40(42-37)45-33-21-11-10-20-31(33)32-26-30(24-25-34(32)45)44-35-22-12-13-23-36(35)46-39(44)29-18-8-3-9-19-29/h1-26H;2*1-26,39H. The molecule has 9 heterocycles. The van der Waals surface area contributed by atoms with Gasteiger partial charge in [-0.25, -0.2) is 19.9 Å². The molecule has 27 rings (SSSR count). The highest BCUT2D eigenvalue weighted by molar-refractivity contribution is 8.00. The number of imidazole rings is 1. The molecule has 2 aliphatic rings. The highest BCUT2D eigenvalue weighted by atomic mass is 32.2. The van der Waals surface area contributed by atoms with Gasteiger partial charge in [0, 0.05) is 98.8 Å². The average molecular weight is 1790 g/mol. The molecule has 25 aromatic rings. The molecule has 0 saturated heterocycles. The van der Waals surface area contributed by atoms with Gasteiger partial charge in [-0.15, -0.1) is 0 Å². The van der Waals surface area contributed by atoms with Gasteiger partial charge in [-0.05, 0) is 115 Å². The minimum Gasteiger partial charge on any atom is -0.464 e. The Kier molecular flexibility index (Phi) is 20.9. The van der Waals surface area contributed by atoms with Crippen LogP contribution in [0, 0.1) is 0 Å².